The summed E-state index contributed by atoms with van der Waals surface area (Å²) in [7, 11) is 2.27. The molecule has 0 aromatic carbocycles. The van der Waals surface area contributed by atoms with Gasteiger partial charge >= 0.3 is 0 Å². The number of rotatable bonds is 4. The smallest absolute Gasteiger partial charge is 0.0547 e. The van der Waals surface area contributed by atoms with Crippen molar-refractivity contribution in [3.63, 3.8) is 0 Å². The van der Waals surface area contributed by atoms with Crippen molar-refractivity contribution in [3.05, 3.63) is 0 Å². The van der Waals surface area contributed by atoms with Gasteiger partial charge in [0.1, 0.15) is 0 Å². The maximum Gasteiger partial charge on any atom is 0.0547 e. The Morgan fingerprint density at radius 2 is 2.00 bits per heavy atom. The van der Waals surface area contributed by atoms with Crippen LogP contribution >= 0.6 is 0 Å². The summed E-state index contributed by atoms with van der Waals surface area (Å²) >= 11 is 0. The standard InChI is InChI=1S/C14H28N2O/c1-12-3-5-13(6-4-12)16(2)10-14(9-15)7-8-17-11-14/h12-13H,3-11,15H2,1-2H3. The van der Waals surface area contributed by atoms with E-state index < -0.39 is 0 Å². The molecule has 2 N–H and O–H groups in total. The second kappa shape index (κ2) is 5.68. The minimum atomic E-state index is 0.234. The van der Waals surface area contributed by atoms with Crippen LogP contribution in [0.2, 0.25) is 0 Å². The van der Waals surface area contributed by atoms with Crippen LogP contribution in [-0.2, 0) is 4.74 Å². The van der Waals surface area contributed by atoms with Gasteiger partial charge < -0.3 is 15.4 Å². The van der Waals surface area contributed by atoms with Crippen molar-refractivity contribution in [2.24, 2.45) is 17.1 Å². The molecule has 1 aliphatic heterocycles. The van der Waals surface area contributed by atoms with E-state index in [2.05, 4.69) is 18.9 Å². The molecule has 2 rings (SSSR count). The van der Waals surface area contributed by atoms with Gasteiger partial charge in [-0.25, -0.2) is 0 Å². The lowest BCUT2D eigenvalue weighted by Gasteiger charge is -2.38. The minimum absolute atomic E-state index is 0.234. The van der Waals surface area contributed by atoms with Gasteiger partial charge in [-0.15, -0.1) is 0 Å². The Labute approximate surface area is 106 Å². The Morgan fingerprint density at radius 3 is 2.53 bits per heavy atom. The third-order valence-electron chi connectivity index (χ3n) is 4.81. The fraction of sp³-hybridized carbons (Fsp3) is 1.00. The monoisotopic (exact) mass is 240 g/mol. The van der Waals surface area contributed by atoms with Crippen LogP contribution in [0.15, 0.2) is 0 Å². The van der Waals surface area contributed by atoms with E-state index in [0.29, 0.717) is 0 Å². The number of ether oxygens (including phenoxy) is 1. The first-order valence-electron chi connectivity index (χ1n) is 7.13. The summed E-state index contributed by atoms with van der Waals surface area (Å²) in [6, 6.07) is 0.773. The molecule has 0 radical (unpaired) electrons. The van der Waals surface area contributed by atoms with Crippen LogP contribution in [0.4, 0.5) is 0 Å². The summed E-state index contributed by atoms with van der Waals surface area (Å²) in [5, 5.41) is 0. The quantitative estimate of drug-likeness (QED) is 0.815. The molecule has 1 heterocycles. The summed E-state index contributed by atoms with van der Waals surface area (Å²) in [4.78, 5) is 2.55. The highest BCUT2D eigenvalue weighted by molar-refractivity contribution is 4.89. The summed E-state index contributed by atoms with van der Waals surface area (Å²) in [5.41, 5.74) is 6.20. The van der Waals surface area contributed by atoms with Crippen molar-refractivity contribution in [2.45, 2.75) is 45.1 Å². The molecule has 1 saturated heterocycles. The van der Waals surface area contributed by atoms with E-state index in [1.54, 1.807) is 0 Å². The fourth-order valence-corrected chi connectivity index (χ4v) is 3.34. The maximum atomic E-state index is 5.96. The molecule has 1 aliphatic carbocycles. The van der Waals surface area contributed by atoms with Crippen molar-refractivity contribution < 1.29 is 4.74 Å². The second-order valence-corrected chi connectivity index (χ2v) is 6.34. The van der Waals surface area contributed by atoms with Crippen LogP contribution in [0, 0.1) is 11.3 Å². The molecular formula is C14H28N2O. The molecule has 0 bridgehead atoms. The highest BCUT2D eigenvalue weighted by Crippen LogP contribution is 2.32. The molecule has 0 aromatic heterocycles. The van der Waals surface area contributed by atoms with Gasteiger partial charge in [0, 0.05) is 31.2 Å². The van der Waals surface area contributed by atoms with Crippen molar-refractivity contribution in [1.29, 1.82) is 0 Å². The molecule has 1 atom stereocenters. The van der Waals surface area contributed by atoms with E-state index in [9.17, 15) is 0 Å². The highest BCUT2D eigenvalue weighted by atomic mass is 16.5. The lowest BCUT2D eigenvalue weighted by atomic mass is 9.83. The molecule has 0 aromatic rings. The first-order chi connectivity index (χ1) is 8.15. The van der Waals surface area contributed by atoms with Crippen LogP contribution in [0.3, 0.4) is 0 Å². The Bertz CT molecular complexity index is 230. The molecule has 3 heteroatoms. The zero-order chi connectivity index (χ0) is 12.3. The van der Waals surface area contributed by atoms with Gasteiger partial charge in [0.25, 0.3) is 0 Å². The lowest BCUT2D eigenvalue weighted by Crippen LogP contribution is -2.46. The van der Waals surface area contributed by atoms with Gasteiger partial charge in [-0.3, -0.25) is 0 Å². The zero-order valence-electron chi connectivity index (χ0n) is 11.5. The second-order valence-electron chi connectivity index (χ2n) is 6.34. The van der Waals surface area contributed by atoms with Crippen LogP contribution in [0.5, 0.6) is 0 Å². The van der Waals surface area contributed by atoms with Gasteiger partial charge in [-0.1, -0.05) is 6.92 Å². The number of hydrogen-bond donors (Lipinski definition) is 1. The molecule has 2 fully saturated rings. The van der Waals surface area contributed by atoms with E-state index >= 15 is 0 Å². The topological polar surface area (TPSA) is 38.5 Å². The lowest BCUT2D eigenvalue weighted by molar-refractivity contribution is 0.0889. The van der Waals surface area contributed by atoms with E-state index in [4.69, 9.17) is 10.5 Å². The zero-order valence-corrected chi connectivity index (χ0v) is 11.5. The SMILES string of the molecule is CC1CCC(N(C)CC2(CN)CCOC2)CC1. The normalized spacial score (nSPS) is 38.8. The van der Waals surface area contributed by atoms with Gasteiger partial charge in [-0.05, 0) is 45.1 Å². The average Bonchev–Trinajstić information content (AvgIpc) is 2.79. The van der Waals surface area contributed by atoms with E-state index in [-0.39, 0.29) is 5.41 Å². The van der Waals surface area contributed by atoms with Gasteiger partial charge in [-0.2, -0.15) is 0 Å². The molecular weight excluding hydrogens is 212 g/mol. The third kappa shape index (κ3) is 3.21. The van der Waals surface area contributed by atoms with Crippen LogP contribution < -0.4 is 5.73 Å². The minimum Gasteiger partial charge on any atom is -0.381 e. The van der Waals surface area contributed by atoms with Crippen LogP contribution in [-0.4, -0.2) is 44.3 Å². The molecule has 0 spiro atoms. The maximum absolute atomic E-state index is 5.96. The molecule has 1 unspecified atom stereocenters. The molecule has 3 nitrogen and oxygen atoms in total. The molecule has 2 aliphatic rings. The Kier molecular flexibility index (Phi) is 4.45. The summed E-state index contributed by atoms with van der Waals surface area (Å²) in [6.07, 6.45) is 6.64. The van der Waals surface area contributed by atoms with Gasteiger partial charge in [0.05, 0.1) is 6.61 Å². The third-order valence-corrected chi connectivity index (χ3v) is 4.81. The van der Waals surface area contributed by atoms with E-state index in [0.717, 1.165) is 44.7 Å². The Balaban J connectivity index is 1.85. The van der Waals surface area contributed by atoms with Crippen LogP contribution in [0.1, 0.15) is 39.0 Å². The van der Waals surface area contributed by atoms with Gasteiger partial charge in [0.2, 0.25) is 0 Å². The largest absolute Gasteiger partial charge is 0.381 e. The predicted octanol–water partition coefficient (Wildman–Crippen LogP) is 1.86. The summed E-state index contributed by atoms with van der Waals surface area (Å²) in [6.45, 7) is 6.01. The molecule has 1 saturated carbocycles. The van der Waals surface area contributed by atoms with Crippen LogP contribution in [0.25, 0.3) is 0 Å². The van der Waals surface area contributed by atoms with Gasteiger partial charge in [0.15, 0.2) is 0 Å². The first kappa shape index (κ1) is 13.3. The number of nitrogens with two attached hydrogens (primary N) is 1. The number of hydrogen-bond acceptors (Lipinski definition) is 3. The van der Waals surface area contributed by atoms with E-state index in [1.807, 2.05) is 0 Å². The van der Waals surface area contributed by atoms with Crippen molar-refractivity contribution >= 4 is 0 Å². The number of nitrogens with zero attached hydrogens (tertiary/aromatic N) is 1. The van der Waals surface area contributed by atoms with Crippen molar-refractivity contribution in [2.75, 3.05) is 33.4 Å². The highest BCUT2D eigenvalue weighted by Gasteiger charge is 2.36. The molecule has 17 heavy (non-hydrogen) atoms. The van der Waals surface area contributed by atoms with Crippen molar-refractivity contribution in [3.8, 4) is 0 Å². The Hall–Kier alpha value is -0.120. The average molecular weight is 240 g/mol. The molecule has 0 amide bonds. The summed E-state index contributed by atoms with van der Waals surface area (Å²) in [5.74, 6) is 0.929. The molecule has 100 valence electrons. The Morgan fingerprint density at radius 1 is 1.29 bits per heavy atom. The first-order valence-corrected chi connectivity index (χ1v) is 7.13. The fourth-order valence-electron chi connectivity index (χ4n) is 3.34. The predicted molar refractivity (Wildman–Crippen MR) is 71.0 cm³/mol. The van der Waals surface area contributed by atoms with E-state index in [1.165, 1.54) is 25.7 Å². The van der Waals surface area contributed by atoms with Crippen molar-refractivity contribution in [1.82, 2.24) is 4.90 Å². The summed E-state index contributed by atoms with van der Waals surface area (Å²) < 4.78 is 5.55.